The Balaban J connectivity index is 2.62. The molecule has 0 aliphatic rings. The van der Waals surface area contributed by atoms with Crippen LogP contribution in [0.4, 0.5) is 0 Å². The molecular formula is C11H14ClNO3. The number of hydrogen-bond donors (Lipinski definition) is 1. The van der Waals surface area contributed by atoms with Crippen molar-refractivity contribution in [1.82, 2.24) is 5.32 Å². The minimum absolute atomic E-state index is 0.144. The fourth-order valence-electron chi connectivity index (χ4n) is 1.26. The molecule has 88 valence electrons. The molecule has 1 aromatic carbocycles. The largest absolute Gasteiger partial charge is 0.496 e. The third kappa shape index (κ3) is 3.40. The lowest BCUT2D eigenvalue weighted by molar-refractivity contribution is -0.139. The number of halogens is 1. The van der Waals surface area contributed by atoms with Crippen molar-refractivity contribution >= 4 is 17.6 Å². The van der Waals surface area contributed by atoms with E-state index in [1.807, 2.05) is 12.1 Å². The van der Waals surface area contributed by atoms with Crippen LogP contribution in [0.2, 0.25) is 5.02 Å². The minimum Gasteiger partial charge on any atom is -0.496 e. The zero-order valence-electron chi connectivity index (χ0n) is 9.25. The van der Waals surface area contributed by atoms with Gasteiger partial charge in [0.1, 0.15) is 5.75 Å². The van der Waals surface area contributed by atoms with Crippen molar-refractivity contribution in [1.29, 1.82) is 0 Å². The van der Waals surface area contributed by atoms with Gasteiger partial charge >= 0.3 is 5.97 Å². The summed E-state index contributed by atoms with van der Waals surface area (Å²) in [6.45, 7) is 0.600. The monoisotopic (exact) mass is 243 g/mol. The molecule has 0 saturated heterocycles. The maximum absolute atomic E-state index is 10.9. The summed E-state index contributed by atoms with van der Waals surface area (Å²) < 4.78 is 9.68. The lowest BCUT2D eigenvalue weighted by atomic mass is 10.2. The van der Waals surface area contributed by atoms with Gasteiger partial charge in [-0.1, -0.05) is 17.7 Å². The first kappa shape index (κ1) is 12.8. The summed E-state index contributed by atoms with van der Waals surface area (Å²) in [5.74, 6) is 0.385. The molecule has 16 heavy (non-hydrogen) atoms. The predicted molar refractivity (Wildman–Crippen MR) is 61.7 cm³/mol. The molecule has 0 aliphatic heterocycles. The Morgan fingerprint density at radius 2 is 2.19 bits per heavy atom. The van der Waals surface area contributed by atoms with Gasteiger partial charge < -0.3 is 14.8 Å². The molecule has 1 N–H and O–H groups in total. The fraction of sp³-hybridized carbons (Fsp3) is 0.364. The van der Waals surface area contributed by atoms with Crippen LogP contribution in [0.15, 0.2) is 18.2 Å². The third-order valence-electron chi connectivity index (χ3n) is 2.09. The van der Waals surface area contributed by atoms with Crippen molar-refractivity contribution in [3.05, 3.63) is 28.8 Å². The summed E-state index contributed by atoms with van der Waals surface area (Å²) in [6.07, 6.45) is 0. The van der Waals surface area contributed by atoms with Crippen molar-refractivity contribution in [2.24, 2.45) is 0 Å². The van der Waals surface area contributed by atoms with Crippen LogP contribution in [-0.4, -0.2) is 26.7 Å². The normalized spacial score (nSPS) is 9.94. The fourth-order valence-corrected chi connectivity index (χ4v) is 1.50. The van der Waals surface area contributed by atoms with Gasteiger partial charge in [-0.2, -0.15) is 0 Å². The number of ether oxygens (including phenoxy) is 2. The van der Waals surface area contributed by atoms with Crippen LogP contribution < -0.4 is 10.1 Å². The molecule has 5 heteroatoms. The highest BCUT2D eigenvalue weighted by Gasteiger charge is 2.07. The Morgan fingerprint density at radius 1 is 1.44 bits per heavy atom. The molecule has 1 aromatic rings. The molecule has 0 amide bonds. The standard InChI is InChI=1S/C11H14ClNO3/c1-15-10-5-3-4-9(12)8(10)6-13-7-11(14)16-2/h3-5,13H,6-7H2,1-2H3. The van der Waals surface area contributed by atoms with Gasteiger partial charge in [-0.15, -0.1) is 0 Å². The molecule has 4 nitrogen and oxygen atoms in total. The van der Waals surface area contributed by atoms with E-state index in [1.54, 1.807) is 13.2 Å². The molecule has 0 unspecified atom stereocenters. The Labute approximate surface area is 99.5 Å². The molecule has 0 atom stereocenters. The van der Waals surface area contributed by atoms with Crippen molar-refractivity contribution in [3.8, 4) is 5.75 Å². The van der Waals surface area contributed by atoms with Crippen molar-refractivity contribution < 1.29 is 14.3 Å². The van der Waals surface area contributed by atoms with Gasteiger partial charge in [-0.05, 0) is 12.1 Å². The average Bonchev–Trinajstić information content (AvgIpc) is 2.30. The van der Waals surface area contributed by atoms with Crippen LogP contribution in [0.25, 0.3) is 0 Å². The van der Waals surface area contributed by atoms with E-state index in [1.165, 1.54) is 7.11 Å². The molecular weight excluding hydrogens is 230 g/mol. The summed E-state index contributed by atoms with van der Waals surface area (Å²) >= 11 is 6.02. The SMILES string of the molecule is COC(=O)CNCc1c(Cl)cccc1OC. The van der Waals surface area contributed by atoms with Crippen molar-refractivity contribution in [3.63, 3.8) is 0 Å². The second-order valence-corrected chi connectivity index (χ2v) is 3.51. The van der Waals surface area contributed by atoms with Gasteiger partial charge in [-0.3, -0.25) is 4.79 Å². The predicted octanol–water partition coefficient (Wildman–Crippen LogP) is 1.61. The highest BCUT2D eigenvalue weighted by atomic mass is 35.5. The molecule has 0 aliphatic carbocycles. The number of nitrogens with one attached hydrogen (secondary N) is 1. The number of carbonyl (C=O) groups excluding carboxylic acids is 1. The molecule has 0 heterocycles. The van der Waals surface area contributed by atoms with E-state index in [9.17, 15) is 4.79 Å². The number of hydrogen-bond acceptors (Lipinski definition) is 4. The van der Waals surface area contributed by atoms with E-state index in [4.69, 9.17) is 16.3 Å². The van der Waals surface area contributed by atoms with Crippen molar-refractivity contribution in [2.75, 3.05) is 20.8 Å². The number of esters is 1. The number of carbonyl (C=O) groups is 1. The van der Waals surface area contributed by atoms with E-state index >= 15 is 0 Å². The van der Waals surface area contributed by atoms with Crippen LogP contribution in [0.1, 0.15) is 5.56 Å². The zero-order valence-corrected chi connectivity index (χ0v) is 10.0. The molecule has 0 saturated carbocycles. The summed E-state index contributed by atoms with van der Waals surface area (Å²) in [5.41, 5.74) is 0.829. The number of benzene rings is 1. The Bertz CT molecular complexity index is 368. The van der Waals surface area contributed by atoms with Gasteiger partial charge in [-0.25, -0.2) is 0 Å². The third-order valence-corrected chi connectivity index (χ3v) is 2.45. The lowest BCUT2D eigenvalue weighted by Crippen LogP contribution is -2.23. The quantitative estimate of drug-likeness (QED) is 0.799. The van der Waals surface area contributed by atoms with Crippen LogP contribution in [0.3, 0.4) is 0 Å². The first-order valence-electron chi connectivity index (χ1n) is 4.78. The van der Waals surface area contributed by atoms with E-state index in [-0.39, 0.29) is 12.5 Å². The van der Waals surface area contributed by atoms with Crippen molar-refractivity contribution in [2.45, 2.75) is 6.54 Å². The molecule has 0 aromatic heterocycles. The van der Waals surface area contributed by atoms with Crippen LogP contribution in [0, 0.1) is 0 Å². The molecule has 0 spiro atoms. The zero-order chi connectivity index (χ0) is 12.0. The van der Waals surface area contributed by atoms with Crippen LogP contribution in [-0.2, 0) is 16.1 Å². The van der Waals surface area contributed by atoms with E-state index in [0.717, 1.165) is 5.56 Å². The van der Waals surface area contributed by atoms with E-state index in [0.29, 0.717) is 17.3 Å². The summed E-state index contributed by atoms with van der Waals surface area (Å²) in [7, 11) is 2.93. The Hall–Kier alpha value is -1.26. The van der Waals surface area contributed by atoms with Gasteiger partial charge in [0.05, 0.1) is 20.8 Å². The van der Waals surface area contributed by atoms with Crippen LogP contribution >= 0.6 is 11.6 Å². The Morgan fingerprint density at radius 3 is 2.81 bits per heavy atom. The summed E-state index contributed by atoms with van der Waals surface area (Å²) in [6, 6.07) is 5.41. The number of rotatable bonds is 5. The van der Waals surface area contributed by atoms with E-state index in [2.05, 4.69) is 10.1 Å². The maximum Gasteiger partial charge on any atom is 0.319 e. The highest BCUT2D eigenvalue weighted by Crippen LogP contribution is 2.25. The molecule has 0 radical (unpaired) electrons. The second-order valence-electron chi connectivity index (χ2n) is 3.10. The summed E-state index contributed by atoms with van der Waals surface area (Å²) in [4.78, 5) is 10.9. The topological polar surface area (TPSA) is 47.6 Å². The van der Waals surface area contributed by atoms with E-state index < -0.39 is 0 Å². The molecule has 1 rings (SSSR count). The lowest BCUT2D eigenvalue weighted by Gasteiger charge is -2.10. The minimum atomic E-state index is -0.314. The van der Waals surface area contributed by atoms with Gasteiger partial charge in [0.25, 0.3) is 0 Å². The molecule has 0 bridgehead atoms. The highest BCUT2D eigenvalue weighted by molar-refractivity contribution is 6.31. The van der Waals surface area contributed by atoms with Gasteiger partial charge in [0.2, 0.25) is 0 Å². The van der Waals surface area contributed by atoms with Gasteiger partial charge in [0, 0.05) is 17.1 Å². The molecule has 0 fully saturated rings. The summed E-state index contributed by atoms with van der Waals surface area (Å²) in [5, 5.41) is 3.54. The number of methoxy groups -OCH3 is 2. The first-order valence-corrected chi connectivity index (χ1v) is 5.15. The Kier molecular flexibility index (Phi) is 5.08. The van der Waals surface area contributed by atoms with Crippen LogP contribution in [0.5, 0.6) is 5.75 Å². The second kappa shape index (κ2) is 6.35. The average molecular weight is 244 g/mol. The van der Waals surface area contributed by atoms with Gasteiger partial charge in [0.15, 0.2) is 0 Å². The first-order chi connectivity index (χ1) is 7.69. The maximum atomic E-state index is 10.9. The smallest absolute Gasteiger partial charge is 0.319 e.